The highest BCUT2D eigenvalue weighted by atomic mass is 17.1. The molecule has 1 saturated heterocycles. The fraction of sp³-hybridized carbons (Fsp3) is 0.615. The third-order valence-corrected chi connectivity index (χ3v) is 3.97. The van der Waals surface area contributed by atoms with E-state index in [1.807, 2.05) is 0 Å². The summed E-state index contributed by atoms with van der Waals surface area (Å²) in [6.07, 6.45) is -0.615. The van der Waals surface area contributed by atoms with Gasteiger partial charge < -0.3 is 15.3 Å². The van der Waals surface area contributed by atoms with E-state index in [0.717, 1.165) is 0 Å². The van der Waals surface area contributed by atoms with Gasteiger partial charge in [0.25, 0.3) is 0 Å². The van der Waals surface area contributed by atoms with Crippen LogP contribution in [-0.4, -0.2) is 80.2 Å². The van der Waals surface area contributed by atoms with Crippen LogP contribution in [0.3, 0.4) is 0 Å². The van der Waals surface area contributed by atoms with Gasteiger partial charge in [0, 0.05) is 26.0 Å². The van der Waals surface area contributed by atoms with Crippen LogP contribution in [0.2, 0.25) is 0 Å². The van der Waals surface area contributed by atoms with Gasteiger partial charge >= 0.3 is 23.8 Å². The largest absolute Gasteiger partial charge is 0.481 e. The van der Waals surface area contributed by atoms with Gasteiger partial charge in [-0.15, -0.1) is 0 Å². The SMILES string of the molecule is C=C(OO)[N+]1(CC(=O)O)CCCN(CC(=O)O)C1CCC(=O)O. The summed E-state index contributed by atoms with van der Waals surface area (Å²) in [4.78, 5) is 38.8. The summed E-state index contributed by atoms with van der Waals surface area (Å²) in [6.45, 7) is 3.27. The molecule has 1 rings (SSSR count). The molecule has 0 aromatic heterocycles. The van der Waals surface area contributed by atoms with Gasteiger partial charge in [-0.1, -0.05) is 0 Å². The van der Waals surface area contributed by atoms with Gasteiger partial charge in [0.05, 0.1) is 13.0 Å². The molecule has 1 aliphatic rings. The van der Waals surface area contributed by atoms with Gasteiger partial charge in [0.2, 0.25) is 0 Å². The lowest BCUT2D eigenvalue weighted by Crippen LogP contribution is -2.67. The van der Waals surface area contributed by atoms with Crippen molar-refractivity contribution < 1.29 is 44.3 Å². The zero-order chi connectivity index (χ0) is 17.6. The molecule has 10 nitrogen and oxygen atoms in total. The monoisotopic (exact) mass is 333 g/mol. The maximum atomic E-state index is 11.3. The predicted octanol–water partition coefficient (Wildman–Crippen LogP) is -0.170. The normalized spacial score (nSPS) is 24.8. The van der Waals surface area contributed by atoms with Gasteiger partial charge in [0.1, 0.15) is 6.54 Å². The maximum Gasteiger partial charge on any atom is 0.359 e. The van der Waals surface area contributed by atoms with Crippen molar-refractivity contribution in [3.63, 3.8) is 0 Å². The Hall–Kier alpha value is -2.17. The summed E-state index contributed by atoms with van der Waals surface area (Å²) in [5.41, 5.74) is 0. The second kappa shape index (κ2) is 7.90. The molecule has 10 heteroatoms. The summed E-state index contributed by atoms with van der Waals surface area (Å²) in [5.74, 6) is -3.65. The first-order valence-electron chi connectivity index (χ1n) is 7.00. The third-order valence-electron chi connectivity index (χ3n) is 3.97. The van der Waals surface area contributed by atoms with E-state index in [9.17, 15) is 19.5 Å². The molecular formula is C13H21N2O8+. The van der Waals surface area contributed by atoms with E-state index < -0.39 is 35.1 Å². The number of carboxylic acid groups (broad SMARTS) is 3. The average molecular weight is 333 g/mol. The summed E-state index contributed by atoms with van der Waals surface area (Å²) in [5, 5.41) is 36.1. The standard InChI is InChI=1S/C13H20N2O8/c1-9(23-22)15(8-13(20)21)6-2-5-14(7-12(18)19)10(15)3-4-11(16)17/h10H,1-8H2,(H3-,16,17,18,19,20,21,22)/p+1. The van der Waals surface area contributed by atoms with Crippen LogP contribution in [0.25, 0.3) is 0 Å². The fourth-order valence-electron chi connectivity index (χ4n) is 3.09. The van der Waals surface area contributed by atoms with Gasteiger partial charge in [-0.3, -0.25) is 14.5 Å². The Kier molecular flexibility index (Phi) is 6.49. The molecule has 0 aliphatic carbocycles. The van der Waals surface area contributed by atoms with E-state index >= 15 is 0 Å². The minimum atomic E-state index is -1.19. The van der Waals surface area contributed by atoms with Gasteiger partial charge in [-0.05, 0) is 0 Å². The maximum absolute atomic E-state index is 11.3. The van der Waals surface area contributed by atoms with Crippen molar-refractivity contribution in [1.82, 2.24) is 4.90 Å². The Morgan fingerprint density at radius 1 is 1.17 bits per heavy atom. The van der Waals surface area contributed by atoms with E-state index in [1.54, 1.807) is 0 Å². The summed E-state index contributed by atoms with van der Waals surface area (Å²) >= 11 is 0. The number of aliphatic carboxylic acids is 3. The molecule has 23 heavy (non-hydrogen) atoms. The number of carboxylic acids is 3. The van der Waals surface area contributed by atoms with Crippen molar-refractivity contribution in [3.05, 3.63) is 12.5 Å². The number of hydrogen-bond donors (Lipinski definition) is 4. The van der Waals surface area contributed by atoms with Crippen LogP contribution < -0.4 is 0 Å². The molecule has 1 fully saturated rings. The van der Waals surface area contributed by atoms with Crippen molar-refractivity contribution in [2.75, 3.05) is 26.2 Å². The van der Waals surface area contributed by atoms with Crippen molar-refractivity contribution in [3.8, 4) is 0 Å². The lowest BCUT2D eigenvalue weighted by Gasteiger charge is -2.49. The first-order valence-corrected chi connectivity index (χ1v) is 7.00. The molecule has 0 saturated carbocycles. The summed E-state index contributed by atoms with van der Waals surface area (Å²) < 4.78 is -0.438. The second-order valence-corrected chi connectivity index (χ2v) is 5.43. The number of quaternary nitrogens is 1. The number of hydrogen-bond acceptors (Lipinski definition) is 6. The van der Waals surface area contributed by atoms with Crippen molar-refractivity contribution in [2.45, 2.75) is 25.4 Å². The topological polar surface area (TPSA) is 145 Å². The van der Waals surface area contributed by atoms with Crippen LogP contribution in [0.1, 0.15) is 19.3 Å². The molecule has 2 unspecified atom stereocenters. The molecule has 130 valence electrons. The fourth-order valence-corrected chi connectivity index (χ4v) is 3.09. The minimum absolute atomic E-state index is 0.00171. The highest BCUT2D eigenvalue weighted by molar-refractivity contribution is 5.69. The minimum Gasteiger partial charge on any atom is -0.481 e. The molecule has 0 amide bonds. The Balaban J connectivity index is 3.22. The lowest BCUT2D eigenvalue weighted by molar-refractivity contribution is -0.945. The Labute approximate surface area is 132 Å². The smallest absolute Gasteiger partial charge is 0.359 e. The molecule has 0 radical (unpaired) electrons. The van der Waals surface area contributed by atoms with Crippen LogP contribution in [0.15, 0.2) is 12.5 Å². The Bertz CT molecular complexity index is 494. The number of rotatable bonds is 9. The van der Waals surface area contributed by atoms with E-state index in [2.05, 4.69) is 11.5 Å². The lowest BCUT2D eigenvalue weighted by atomic mass is 10.1. The Morgan fingerprint density at radius 3 is 2.30 bits per heavy atom. The molecule has 0 spiro atoms. The van der Waals surface area contributed by atoms with Crippen LogP contribution in [-0.2, 0) is 19.3 Å². The van der Waals surface area contributed by atoms with E-state index in [-0.39, 0.29) is 31.8 Å². The number of carbonyl (C=O) groups is 3. The molecule has 0 aromatic carbocycles. The third kappa shape index (κ3) is 4.65. The highest BCUT2D eigenvalue weighted by Gasteiger charge is 2.49. The Morgan fingerprint density at radius 2 is 1.83 bits per heavy atom. The summed E-state index contributed by atoms with van der Waals surface area (Å²) in [7, 11) is 0. The van der Waals surface area contributed by atoms with Crippen molar-refractivity contribution in [2.24, 2.45) is 0 Å². The quantitative estimate of drug-likeness (QED) is 0.195. The second-order valence-electron chi connectivity index (χ2n) is 5.43. The van der Waals surface area contributed by atoms with Crippen LogP contribution in [0, 0.1) is 0 Å². The van der Waals surface area contributed by atoms with Crippen molar-refractivity contribution in [1.29, 1.82) is 0 Å². The molecule has 0 bridgehead atoms. The van der Waals surface area contributed by atoms with Crippen molar-refractivity contribution >= 4 is 17.9 Å². The number of nitrogens with zero attached hydrogens (tertiary/aromatic N) is 2. The first-order chi connectivity index (χ1) is 10.7. The molecule has 0 aromatic rings. The average Bonchev–Trinajstić information content (AvgIpc) is 2.44. The molecule has 1 aliphatic heterocycles. The van der Waals surface area contributed by atoms with E-state index in [4.69, 9.17) is 15.5 Å². The zero-order valence-electron chi connectivity index (χ0n) is 12.6. The van der Waals surface area contributed by atoms with Crippen LogP contribution >= 0.6 is 0 Å². The van der Waals surface area contributed by atoms with Gasteiger partial charge in [0.15, 0.2) is 12.7 Å². The van der Waals surface area contributed by atoms with E-state index in [1.165, 1.54) is 4.90 Å². The summed E-state index contributed by atoms with van der Waals surface area (Å²) in [6, 6.07) is 0. The molecule has 2 atom stereocenters. The first kappa shape index (κ1) is 18.9. The highest BCUT2D eigenvalue weighted by Crippen LogP contribution is 2.32. The zero-order valence-corrected chi connectivity index (χ0v) is 12.6. The molecule has 4 N–H and O–H groups in total. The van der Waals surface area contributed by atoms with E-state index in [0.29, 0.717) is 13.0 Å². The van der Waals surface area contributed by atoms with Gasteiger partial charge in [-0.2, -0.15) is 5.26 Å². The van der Waals surface area contributed by atoms with Crippen LogP contribution in [0.5, 0.6) is 0 Å². The van der Waals surface area contributed by atoms with Gasteiger partial charge in [-0.25, -0.2) is 14.2 Å². The van der Waals surface area contributed by atoms with Crippen LogP contribution in [0.4, 0.5) is 0 Å². The predicted molar refractivity (Wildman–Crippen MR) is 75.0 cm³/mol. The molecule has 1 heterocycles. The molecular weight excluding hydrogens is 312 g/mol.